The van der Waals surface area contributed by atoms with Gasteiger partial charge in [-0.2, -0.15) is 5.10 Å². The Morgan fingerprint density at radius 3 is 2.54 bits per heavy atom. The number of hydrogen-bond acceptors (Lipinski definition) is 7. The van der Waals surface area contributed by atoms with Gasteiger partial charge in [-0.15, -0.1) is 0 Å². The Balaban J connectivity index is 1.53. The van der Waals surface area contributed by atoms with E-state index in [1.54, 1.807) is 15.7 Å². The number of aliphatic hydroxyl groups excluding tert-OH is 1. The Bertz CT molecular complexity index is 1170. The van der Waals surface area contributed by atoms with Crippen molar-refractivity contribution < 1.29 is 14.6 Å². The van der Waals surface area contributed by atoms with Crippen molar-refractivity contribution in [2.75, 3.05) is 39.5 Å². The van der Waals surface area contributed by atoms with Crippen molar-refractivity contribution in [2.45, 2.75) is 18.7 Å². The number of hydrogen-bond donors (Lipinski definition) is 3. The van der Waals surface area contributed by atoms with Crippen molar-refractivity contribution in [1.29, 1.82) is 0 Å². The Morgan fingerprint density at radius 1 is 1.20 bits per heavy atom. The number of benzene rings is 2. The van der Waals surface area contributed by atoms with Crippen molar-refractivity contribution in [3.8, 4) is 22.8 Å². The van der Waals surface area contributed by atoms with Gasteiger partial charge in [0.25, 0.3) is 0 Å². The van der Waals surface area contributed by atoms with Gasteiger partial charge in [-0.3, -0.25) is 4.79 Å². The Kier molecular flexibility index (Phi) is 7.50. The van der Waals surface area contributed by atoms with Crippen LogP contribution in [0.1, 0.15) is 24.3 Å². The molecule has 0 aliphatic carbocycles. The SMILES string of the molecule is CN(C)C/C=C/C(=O)N1CC[C@@H](n2nc(-c3ccc(Oc4ccccc4)cc3)c(C(N)O)c2N)C1. The van der Waals surface area contributed by atoms with E-state index in [1.807, 2.05) is 79.7 Å². The largest absolute Gasteiger partial charge is 0.457 e. The molecule has 1 aromatic heterocycles. The van der Waals surface area contributed by atoms with Gasteiger partial charge in [0.2, 0.25) is 5.91 Å². The van der Waals surface area contributed by atoms with E-state index in [2.05, 4.69) is 0 Å². The lowest BCUT2D eigenvalue weighted by Crippen LogP contribution is -2.28. The van der Waals surface area contributed by atoms with Crippen LogP contribution in [-0.4, -0.2) is 64.3 Å². The fourth-order valence-electron chi connectivity index (χ4n) is 4.16. The van der Waals surface area contributed by atoms with Crippen molar-refractivity contribution in [1.82, 2.24) is 19.6 Å². The second kappa shape index (κ2) is 10.7. The van der Waals surface area contributed by atoms with Crippen LogP contribution in [0.4, 0.5) is 5.82 Å². The molecule has 9 heteroatoms. The number of rotatable bonds is 8. The molecular weight excluding hydrogens is 444 g/mol. The molecule has 1 aliphatic rings. The standard InChI is InChI=1S/C26H32N6O3/c1-30(2)15-6-9-22(33)31-16-14-19(17-31)32-25(27)23(26(28)34)24(29-32)18-10-12-21(13-11-18)35-20-7-4-3-5-8-20/h3-13,19,26,34H,14-17,27-28H2,1-2H3/b9-6+/t19-,26?/m1/s1. The van der Waals surface area contributed by atoms with Gasteiger partial charge in [-0.25, -0.2) is 4.68 Å². The van der Waals surface area contributed by atoms with Gasteiger partial charge in [0.15, 0.2) is 0 Å². The van der Waals surface area contributed by atoms with Gasteiger partial charge >= 0.3 is 0 Å². The highest BCUT2D eigenvalue weighted by molar-refractivity contribution is 5.87. The molecule has 2 heterocycles. The molecule has 0 bridgehead atoms. The topological polar surface area (TPSA) is 123 Å². The number of carbonyl (C=O) groups excluding carboxylic acids is 1. The van der Waals surface area contributed by atoms with Crippen molar-refractivity contribution >= 4 is 11.7 Å². The maximum atomic E-state index is 12.5. The molecule has 1 saturated heterocycles. The highest BCUT2D eigenvalue weighted by Crippen LogP contribution is 2.35. The predicted molar refractivity (Wildman–Crippen MR) is 136 cm³/mol. The lowest BCUT2D eigenvalue weighted by Gasteiger charge is -2.16. The first kappa shape index (κ1) is 24.5. The third-order valence-electron chi connectivity index (χ3n) is 5.94. The summed E-state index contributed by atoms with van der Waals surface area (Å²) in [6.07, 6.45) is 2.88. The summed E-state index contributed by atoms with van der Waals surface area (Å²) in [4.78, 5) is 16.3. The van der Waals surface area contributed by atoms with E-state index in [0.717, 1.165) is 11.3 Å². The van der Waals surface area contributed by atoms with Crippen LogP contribution in [0.25, 0.3) is 11.3 Å². The van der Waals surface area contributed by atoms with Crippen LogP contribution in [0.3, 0.4) is 0 Å². The smallest absolute Gasteiger partial charge is 0.246 e. The van der Waals surface area contributed by atoms with E-state index in [0.29, 0.717) is 48.9 Å². The fourth-order valence-corrected chi connectivity index (χ4v) is 4.16. The van der Waals surface area contributed by atoms with E-state index in [4.69, 9.17) is 21.3 Å². The summed E-state index contributed by atoms with van der Waals surface area (Å²) in [5.74, 6) is 1.69. The Hall–Kier alpha value is -3.66. The highest BCUT2D eigenvalue weighted by atomic mass is 16.5. The first-order chi connectivity index (χ1) is 16.8. The molecule has 0 saturated carbocycles. The second-order valence-electron chi connectivity index (χ2n) is 8.87. The molecule has 5 N–H and O–H groups in total. The number of nitrogens with two attached hydrogens (primary N) is 2. The molecule has 1 unspecified atom stereocenters. The zero-order valence-corrected chi connectivity index (χ0v) is 20.0. The number of para-hydroxylation sites is 1. The van der Waals surface area contributed by atoms with E-state index in [1.165, 1.54) is 0 Å². The minimum absolute atomic E-state index is 0.0339. The average molecular weight is 477 g/mol. The number of anilines is 1. The molecule has 3 aromatic rings. The van der Waals surface area contributed by atoms with E-state index >= 15 is 0 Å². The quantitative estimate of drug-likeness (QED) is 0.337. The lowest BCUT2D eigenvalue weighted by atomic mass is 10.1. The normalized spacial score (nSPS) is 16.8. The molecule has 2 atom stereocenters. The number of nitrogens with zero attached hydrogens (tertiary/aromatic N) is 4. The summed E-state index contributed by atoms with van der Waals surface area (Å²) in [6, 6.07) is 16.8. The number of aromatic nitrogens is 2. The number of aliphatic hydroxyl groups is 1. The third kappa shape index (κ3) is 5.71. The lowest BCUT2D eigenvalue weighted by molar-refractivity contribution is -0.125. The number of ether oxygens (including phenoxy) is 1. The first-order valence-electron chi connectivity index (χ1n) is 11.6. The minimum Gasteiger partial charge on any atom is -0.457 e. The van der Waals surface area contributed by atoms with Gasteiger partial charge in [0.1, 0.15) is 29.2 Å². The Morgan fingerprint density at radius 2 is 1.89 bits per heavy atom. The van der Waals surface area contributed by atoms with Crippen molar-refractivity contribution in [2.24, 2.45) is 5.73 Å². The van der Waals surface area contributed by atoms with Crippen molar-refractivity contribution in [3.63, 3.8) is 0 Å². The number of carbonyl (C=O) groups is 1. The summed E-state index contributed by atoms with van der Waals surface area (Å²) in [7, 11) is 3.90. The number of amides is 1. The molecular formula is C26H32N6O3. The monoisotopic (exact) mass is 476 g/mol. The van der Waals surface area contributed by atoms with E-state index in [9.17, 15) is 9.90 Å². The molecule has 0 radical (unpaired) electrons. The first-order valence-corrected chi connectivity index (χ1v) is 11.6. The van der Waals surface area contributed by atoms with Crippen LogP contribution < -0.4 is 16.2 Å². The third-order valence-corrected chi connectivity index (χ3v) is 5.94. The van der Waals surface area contributed by atoms with Crippen LogP contribution in [0.5, 0.6) is 11.5 Å². The van der Waals surface area contributed by atoms with Crippen LogP contribution in [0, 0.1) is 0 Å². The van der Waals surface area contributed by atoms with Crippen molar-refractivity contribution in [3.05, 3.63) is 72.3 Å². The van der Waals surface area contributed by atoms with Crippen LogP contribution >= 0.6 is 0 Å². The zero-order chi connectivity index (χ0) is 24.9. The molecule has 2 aromatic carbocycles. The van der Waals surface area contributed by atoms with Gasteiger partial charge in [0.05, 0.1) is 11.6 Å². The zero-order valence-electron chi connectivity index (χ0n) is 20.0. The molecule has 1 aliphatic heterocycles. The van der Waals surface area contributed by atoms with Gasteiger partial charge < -0.3 is 31.1 Å². The molecule has 1 amide bonds. The van der Waals surface area contributed by atoms with Gasteiger partial charge in [0, 0.05) is 31.3 Å². The number of nitrogen functional groups attached to an aromatic ring is 1. The highest BCUT2D eigenvalue weighted by Gasteiger charge is 2.31. The molecule has 35 heavy (non-hydrogen) atoms. The molecule has 4 rings (SSSR count). The molecule has 0 spiro atoms. The van der Waals surface area contributed by atoms with Crippen LogP contribution in [0.2, 0.25) is 0 Å². The molecule has 184 valence electrons. The summed E-state index contributed by atoms with van der Waals surface area (Å²) in [5.41, 5.74) is 13.9. The molecule has 9 nitrogen and oxygen atoms in total. The van der Waals surface area contributed by atoms with E-state index < -0.39 is 6.23 Å². The summed E-state index contributed by atoms with van der Waals surface area (Å²) >= 11 is 0. The minimum atomic E-state index is -1.29. The number of likely N-dealkylation sites (N-methyl/N-ethyl adjacent to an activating group) is 1. The van der Waals surface area contributed by atoms with Gasteiger partial charge in [-0.05, 0) is 56.9 Å². The average Bonchev–Trinajstić information content (AvgIpc) is 3.45. The summed E-state index contributed by atoms with van der Waals surface area (Å²) in [6.45, 7) is 1.79. The van der Waals surface area contributed by atoms with Crippen LogP contribution in [-0.2, 0) is 4.79 Å². The second-order valence-corrected chi connectivity index (χ2v) is 8.87. The fraction of sp³-hybridized carbons (Fsp3) is 0.308. The van der Waals surface area contributed by atoms with Crippen LogP contribution in [0.15, 0.2) is 66.7 Å². The summed E-state index contributed by atoms with van der Waals surface area (Å²) in [5, 5.41) is 15.0. The van der Waals surface area contributed by atoms with Gasteiger partial charge in [-0.1, -0.05) is 24.3 Å². The summed E-state index contributed by atoms with van der Waals surface area (Å²) < 4.78 is 7.55. The Labute approximate surface area is 205 Å². The molecule has 1 fully saturated rings. The maximum Gasteiger partial charge on any atom is 0.246 e. The predicted octanol–water partition coefficient (Wildman–Crippen LogP) is 2.77. The number of likely N-dealkylation sites (tertiary alicyclic amines) is 1. The van der Waals surface area contributed by atoms with E-state index in [-0.39, 0.29) is 11.9 Å². The maximum absolute atomic E-state index is 12.5.